The van der Waals surface area contributed by atoms with Crippen molar-refractivity contribution in [2.45, 2.75) is 6.92 Å². The summed E-state index contributed by atoms with van der Waals surface area (Å²) < 4.78 is 6.20. The third-order valence-electron chi connectivity index (χ3n) is 1.91. The van der Waals surface area contributed by atoms with E-state index in [1.54, 1.807) is 6.07 Å². The smallest absolute Gasteiger partial charge is 0.223 e. The lowest BCUT2D eigenvalue weighted by atomic mass is 10.2. The Morgan fingerprint density at radius 3 is 2.75 bits per heavy atom. The van der Waals surface area contributed by atoms with Gasteiger partial charge in [0, 0.05) is 6.07 Å². The lowest BCUT2D eigenvalue weighted by Crippen LogP contribution is -1.90. The first-order valence-corrected chi connectivity index (χ1v) is 5.74. The average Bonchev–Trinajstić information content (AvgIpc) is 2.22. The maximum atomic E-state index is 6.04. The number of rotatable bonds is 2. The minimum absolute atomic E-state index is 0.452. The molecule has 1 heterocycles. The molecule has 0 N–H and O–H groups in total. The number of ether oxygens (including phenoxy) is 1. The molecule has 0 saturated heterocycles. The van der Waals surface area contributed by atoms with Gasteiger partial charge in [-0.05, 0) is 40.5 Å². The highest BCUT2D eigenvalue weighted by atomic mass is 79.9. The Balaban J connectivity index is 2.27. The van der Waals surface area contributed by atoms with Crippen LogP contribution in [0.1, 0.15) is 5.56 Å². The van der Waals surface area contributed by atoms with E-state index in [-0.39, 0.29) is 0 Å². The second-order valence-electron chi connectivity index (χ2n) is 3.21. The van der Waals surface area contributed by atoms with E-state index in [1.165, 1.54) is 6.33 Å². The van der Waals surface area contributed by atoms with Crippen molar-refractivity contribution in [3.8, 4) is 11.6 Å². The van der Waals surface area contributed by atoms with Gasteiger partial charge in [-0.1, -0.05) is 17.7 Å². The Hall–Kier alpha value is -1.13. The monoisotopic (exact) mass is 298 g/mol. The standard InChI is InChI=1S/C11H8BrClN2O/c1-7-2-3-9(8(13)4-7)16-11-5-10(12)14-6-15-11/h2-6H,1H3. The Labute approximate surface area is 107 Å². The van der Waals surface area contributed by atoms with E-state index >= 15 is 0 Å². The molecule has 0 fully saturated rings. The van der Waals surface area contributed by atoms with Crippen LogP contribution >= 0.6 is 27.5 Å². The first kappa shape index (κ1) is 11.4. The molecule has 82 valence electrons. The Morgan fingerprint density at radius 1 is 1.25 bits per heavy atom. The van der Waals surface area contributed by atoms with E-state index in [1.807, 2.05) is 25.1 Å². The molecule has 0 amide bonds. The van der Waals surface area contributed by atoms with Crippen molar-refractivity contribution in [2.24, 2.45) is 0 Å². The van der Waals surface area contributed by atoms with Crippen molar-refractivity contribution < 1.29 is 4.74 Å². The van der Waals surface area contributed by atoms with Gasteiger partial charge in [-0.25, -0.2) is 9.97 Å². The molecule has 1 aromatic carbocycles. The fourth-order valence-electron chi connectivity index (χ4n) is 1.17. The topological polar surface area (TPSA) is 35.0 Å². The molecule has 16 heavy (non-hydrogen) atoms. The Kier molecular flexibility index (Phi) is 3.41. The van der Waals surface area contributed by atoms with Crippen LogP contribution < -0.4 is 4.74 Å². The van der Waals surface area contributed by atoms with E-state index in [0.717, 1.165) is 5.56 Å². The van der Waals surface area contributed by atoms with Gasteiger partial charge in [0.2, 0.25) is 5.88 Å². The van der Waals surface area contributed by atoms with Crippen LogP contribution in [0.4, 0.5) is 0 Å². The summed E-state index contributed by atoms with van der Waals surface area (Å²) in [4.78, 5) is 7.89. The second-order valence-corrected chi connectivity index (χ2v) is 4.43. The fraction of sp³-hybridized carbons (Fsp3) is 0.0909. The third-order valence-corrected chi connectivity index (χ3v) is 2.64. The van der Waals surface area contributed by atoms with E-state index in [4.69, 9.17) is 16.3 Å². The van der Waals surface area contributed by atoms with Crippen molar-refractivity contribution >= 4 is 27.5 Å². The zero-order valence-electron chi connectivity index (χ0n) is 8.45. The van der Waals surface area contributed by atoms with Gasteiger partial charge in [-0.15, -0.1) is 0 Å². The maximum absolute atomic E-state index is 6.04. The third kappa shape index (κ3) is 2.71. The van der Waals surface area contributed by atoms with Crippen molar-refractivity contribution in [1.29, 1.82) is 0 Å². The van der Waals surface area contributed by atoms with Gasteiger partial charge in [-0.3, -0.25) is 0 Å². The zero-order valence-corrected chi connectivity index (χ0v) is 10.8. The number of aromatic nitrogens is 2. The zero-order chi connectivity index (χ0) is 11.5. The minimum Gasteiger partial charge on any atom is -0.437 e. The first-order chi connectivity index (χ1) is 7.65. The van der Waals surface area contributed by atoms with Crippen LogP contribution in [0.3, 0.4) is 0 Å². The number of hydrogen-bond donors (Lipinski definition) is 0. The molecule has 0 atom stereocenters. The lowest BCUT2D eigenvalue weighted by Gasteiger charge is -2.06. The van der Waals surface area contributed by atoms with Gasteiger partial charge in [0.1, 0.15) is 16.7 Å². The summed E-state index contributed by atoms with van der Waals surface area (Å²) in [7, 11) is 0. The van der Waals surface area contributed by atoms with Crippen molar-refractivity contribution in [2.75, 3.05) is 0 Å². The molecule has 0 aliphatic heterocycles. The number of nitrogens with zero attached hydrogens (tertiary/aromatic N) is 2. The van der Waals surface area contributed by atoms with Gasteiger partial charge in [0.05, 0.1) is 5.02 Å². The van der Waals surface area contributed by atoms with Crippen LogP contribution in [0.5, 0.6) is 11.6 Å². The lowest BCUT2D eigenvalue weighted by molar-refractivity contribution is 0.461. The summed E-state index contributed by atoms with van der Waals surface area (Å²) in [6.07, 6.45) is 1.42. The predicted octanol–water partition coefficient (Wildman–Crippen LogP) is 3.99. The van der Waals surface area contributed by atoms with Gasteiger partial charge < -0.3 is 4.74 Å². The molecule has 2 rings (SSSR count). The quantitative estimate of drug-likeness (QED) is 0.786. The van der Waals surface area contributed by atoms with Gasteiger partial charge >= 0.3 is 0 Å². The van der Waals surface area contributed by atoms with Gasteiger partial charge in [0.15, 0.2) is 0 Å². The molecule has 0 aliphatic rings. The second kappa shape index (κ2) is 4.80. The SMILES string of the molecule is Cc1ccc(Oc2cc(Br)ncn2)c(Cl)c1. The molecule has 0 bridgehead atoms. The molecule has 0 saturated carbocycles. The van der Waals surface area contributed by atoms with Crippen LogP contribution in [0, 0.1) is 6.92 Å². The summed E-state index contributed by atoms with van der Waals surface area (Å²) >= 11 is 9.28. The highest BCUT2D eigenvalue weighted by molar-refractivity contribution is 9.10. The molecule has 0 unspecified atom stereocenters. The summed E-state index contributed by atoms with van der Waals surface area (Å²) in [5.74, 6) is 1.03. The molecular formula is C11H8BrClN2O. The van der Waals surface area contributed by atoms with Gasteiger partial charge in [0.25, 0.3) is 0 Å². The molecular weight excluding hydrogens is 291 g/mol. The number of aryl methyl sites for hydroxylation is 1. The number of benzene rings is 1. The molecule has 3 nitrogen and oxygen atoms in total. The van der Waals surface area contributed by atoms with Crippen LogP contribution in [0.15, 0.2) is 35.2 Å². The number of hydrogen-bond acceptors (Lipinski definition) is 3. The minimum atomic E-state index is 0.452. The van der Waals surface area contributed by atoms with Crippen LogP contribution in [-0.4, -0.2) is 9.97 Å². The predicted molar refractivity (Wildman–Crippen MR) is 66.0 cm³/mol. The summed E-state index contributed by atoms with van der Waals surface area (Å²) in [5, 5.41) is 0.565. The molecule has 5 heteroatoms. The molecule has 0 radical (unpaired) electrons. The van der Waals surface area contributed by atoms with E-state index in [9.17, 15) is 0 Å². The van der Waals surface area contributed by atoms with E-state index in [2.05, 4.69) is 25.9 Å². The highest BCUT2D eigenvalue weighted by Gasteiger charge is 2.04. The van der Waals surface area contributed by atoms with Crippen LogP contribution in [-0.2, 0) is 0 Å². The van der Waals surface area contributed by atoms with Crippen LogP contribution in [0.2, 0.25) is 5.02 Å². The van der Waals surface area contributed by atoms with Crippen molar-refractivity contribution in [1.82, 2.24) is 9.97 Å². The first-order valence-electron chi connectivity index (χ1n) is 4.57. The Morgan fingerprint density at radius 2 is 2.06 bits per heavy atom. The summed E-state index contributed by atoms with van der Waals surface area (Å²) in [6, 6.07) is 7.26. The largest absolute Gasteiger partial charge is 0.437 e. The highest BCUT2D eigenvalue weighted by Crippen LogP contribution is 2.29. The fourth-order valence-corrected chi connectivity index (χ4v) is 1.74. The average molecular weight is 300 g/mol. The van der Waals surface area contributed by atoms with Crippen molar-refractivity contribution in [3.63, 3.8) is 0 Å². The van der Waals surface area contributed by atoms with Crippen molar-refractivity contribution in [3.05, 3.63) is 45.8 Å². The normalized spacial score (nSPS) is 10.2. The number of halogens is 2. The molecule has 2 aromatic rings. The molecule has 0 aliphatic carbocycles. The van der Waals surface area contributed by atoms with Crippen LogP contribution in [0.25, 0.3) is 0 Å². The maximum Gasteiger partial charge on any atom is 0.223 e. The molecule has 0 spiro atoms. The van der Waals surface area contributed by atoms with E-state index < -0.39 is 0 Å². The molecule has 1 aromatic heterocycles. The Bertz CT molecular complexity index is 519. The summed E-state index contributed by atoms with van der Waals surface area (Å²) in [6.45, 7) is 1.97. The van der Waals surface area contributed by atoms with E-state index in [0.29, 0.717) is 21.3 Å². The summed E-state index contributed by atoms with van der Waals surface area (Å²) in [5.41, 5.74) is 1.08. The van der Waals surface area contributed by atoms with Gasteiger partial charge in [-0.2, -0.15) is 0 Å².